The Bertz CT molecular complexity index is 555. The summed E-state index contributed by atoms with van der Waals surface area (Å²) in [7, 11) is 1.34. The van der Waals surface area contributed by atoms with E-state index >= 15 is 0 Å². The first-order chi connectivity index (χ1) is 10.0. The first-order valence-corrected chi connectivity index (χ1v) is 7.69. The van der Waals surface area contributed by atoms with Crippen LogP contribution >= 0.6 is 23.2 Å². The van der Waals surface area contributed by atoms with E-state index in [1.807, 2.05) is 0 Å². The van der Waals surface area contributed by atoms with Crippen molar-refractivity contribution in [3.8, 4) is 0 Å². The van der Waals surface area contributed by atoms with Crippen LogP contribution in [-0.4, -0.2) is 25.0 Å². The zero-order valence-electron chi connectivity index (χ0n) is 11.6. The molecular weight excluding hydrogens is 315 g/mol. The number of hydrogen-bond donors (Lipinski definition) is 0. The van der Waals surface area contributed by atoms with E-state index in [1.165, 1.54) is 7.11 Å². The van der Waals surface area contributed by atoms with Crippen molar-refractivity contribution in [2.45, 2.75) is 43.7 Å². The summed E-state index contributed by atoms with van der Waals surface area (Å²) in [5.74, 6) is -1.14. The predicted octanol–water partition coefficient (Wildman–Crippen LogP) is 3.89. The summed E-state index contributed by atoms with van der Waals surface area (Å²) in [4.78, 5) is 12.0. The van der Waals surface area contributed by atoms with Crippen molar-refractivity contribution < 1.29 is 19.0 Å². The summed E-state index contributed by atoms with van der Waals surface area (Å²) >= 11 is 12.2. The summed E-state index contributed by atoms with van der Waals surface area (Å²) < 4.78 is 16.9. The fraction of sp³-hybridized carbons (Fsp3) is 0.533. The predicted molar refractivity (Wildman–Crippen MR) is 78.4 cm³/mol. The fourth-order valence-corrected chi connectivity index (χ4v) is 3.53. The third-order valence-electron chi connectivity index (χ3n) is 4.03. The smallest absolute Gasteiger partial charge is 0.338 e. The number of methoxy groups -OCH3 is 1. The molecule has 1 saturated heterocycles. The van der Waals surface area contributed by atoms with Crippen LogP contribution in [0.5, 0.6) is 0 Å². The van der Waals surface area contributed by atoms with Crippen molar-refractivity contribution in [1.82, 2.24) is 0 Å². The fourth-order valence-electron chi connectivity index (χ4n) is 3.01. The van der Waals surface area contributed by atoms with Crippen LogP contribution in [-0.2, 0) is 19.0 Å². The van der Waals surface area contributed by atoms with E-state index in [1.54, 1.807) is 18.2 Å². The minimum absolute atomic E-state index is 0.449. The van der Waals surface area contributed by atoms with Crippen LogP contribution in [0, 0.1) is 0 Å². The van der Waals surface area contributed by atoms with Crippen LogP contribution in [0.15, 0.2) is 18.2 Å². The van der Waals surface area contributed by atoms with Crippen LogP contribution < -0.4 is 0 Å². The molecule has 1 aromatic carbocycles. The number of ether oxygens (including phenoxy) is 3. The molecule has 114 valence electrons. The molecule has 21 heavy (non-hydrogen) atoms. The SMILES string of the molecule is COC(=O)[C@@H]1OC2(CCCC2)O[C@H]1c1ccc(Cl)cc1Cl. The van der Waals surface area contributed by atoms with Gasteiger partial charge in [-0.3, -0.25) is 0 Å². The average molecular weight is 331 g/mol. The first-order valence-electron chi connectivity index (χ1n) is 6.93. The molecule has 0 N–H and O–H groups in total. The van der Waals surface area contributed by atoms with Gasteiger partial charge < -0.3 is 14.2 Å². The monoisotopic (exact) mass is 330 g/mol. The molecule has 0 bridgehead atoms. The van der Waals surface area contributed by atoms with Gasteiger partial charge in [-0.15, -0.1) is 0 Å². The molecule has 3 rings (SSSR count). The summed E-state index contributed by atoms with van der Waals surface area (Å²) in [6.07, 6.45) is 2.24. The Kier molecular flexibility index (Phi) is 4.14. The van der Waals surface area contributed by atoms with Crippen molar-refractivity contribution in [1.29, 1.82) is 0 Å². The lowest BCUT2D eigenvalue weighted by Crippen LogP contribution is -2.30. The second-order valence-corrected chi connectivity index (χ2v) is 6.23. The van der Waals surface area contributed by atoms with E-state index in [9.17, 15) is 4.79 Å². The number of rotatable bonds is 2. The molecular formula is C15H16Cl2O4. The highest BCUT2D eigenvalue weighted by Crippen LogP contribution is 2.48. The van der Waals surface area contributed by atoms with Gasteiger partial charge in [0.25, 0.3) is 0 Å². The maximum Gasteiger partial charge on any atom is 0.338 e. The normalized spacial score (nSPS) is 27.2. The highest BCUT2D eigenvalue weighted by Gasteiger charge is 2.53. The molecule has 1 heterocycles. The van der Waals surface area contributed by atoms with Gasteiger partial charge in [-0.2, -0.15) is 0 Å². The molecule has 4 nitrogen and oxygen atoms in total. The standard InChI is InChI=1S/C15H16Cl2O4/c1-19-14(18)13-12(10-5-4-9(16)8-11(10)17)20-15(21-13)6-2-3-7-15/h4-5,8,12-13H,2-3,6-7H2,1H3/t12-,13+/m0/s1. The third kappa shape index (κ3) is 2.78. The quantitative estimate of drug-likeness (QED) is 0.771. The van der Waals surface area contributed by atoms with Gasteiger partial charge in [0.15, 0.2) is 11.9 Å². The van der Waals surface area contributed by atoms with Crippen molar-refractivity contribution in [2.75, 3.05) is 7.11 Å². The molecule has 2 aliphatic rings. The molecule has 6 heteroatoms. The Morgan fingerprint density at radius 3 is 2.62 bits per heavy atom. The Labute approximate surface area is 133 Å². The van der Waals surface area contributed by atoms with Crippen LogP contribution in [0.2, 0.25) is 10.0 Å². The van der Waals surface area contributed by atoms with Gasteiger partial charge in [0.2, 0.25) is 0 Å². The zero-order valence-corrected chi connectivity index (χ0v) is 13.1. The Morgan fingerprint density at radius 2 is 2.00 bits per heavy atom. The largest absolute Gasteiger partial charge is 0.467 e. The minimum atomic E-state index is -0.799. The van der Waals surface area contributed by atoms with Gasteiger partial charge in [-0.1, -0.05) is 29.3 Å². The van der Waals surface area contributed by atoms with Gasteiger partial charge >= 0.3 is 5.97 Å². The summed E-state index contributed by atoms with van der Waals surface area (Å²) in [6.45, 7) is 0. The number of benzene rings is 1. The summed E-state index contributed by atoms with van der Waals surface area (Å²) in [5, 5.41) is 0.993. The van der Waals surface area contributed by atoms with Crippen molar-refractivity contribution in [2.24, 2.45) is 0 Å². The third-order valence-corrected chi connectivity index (χ3v) is 4.59. The molecule has 1 aliphatic heterocycles. The number of carbonyl (C=O) groups is 1. The summed E-state index contributed by atoms with van der Waals surface area (Å²) in [6, 6.07) is 5.12. The van der Waals surface area contributed by atoms with Gasteiger partial charge in [-0.25, -0.2) is 4.79 Å². The van der Waals surface area contributed by atoms with E-state index in [2.05, 4.69) is 0 Å². The second-order valence-electron chi connectivity index (χ2n) is 5.38. The van der Waals surface area contributed by atoms with Gasteiger partial charge in [0, 0.05) is 28.5 Å². The maximum absolute atomic E-state index is 12.0. The Balaban J connectivity index is 1.95. The van der Waals surface area contributed by atoms with Gasteiger partial charge in [0.05, 0.1) is 7.11 Å². The van der Waals surface area contributed by atoms with E-state index in [4.69, 9.17) is 37.4 Å². The number of hydrogen-bond acceptors (Lipinski definition) is 4. The van der Waals surface area contributed by atoms with Crippen LogP contribution in [0.1, 0.15) is 37.4 Å². The lowest BCUT2D eigenvalue weighted by molar-refractivity contribution is -0.180. The van der Waals surface area contributed by atoms with Gasteiger partial charge in [0.1, 0.15) is 6.10 Å². The van der Waals surface area contributed by atoms with Crippen molar-refractivity contribution in [3.05, 3.63) is 33.8 Å². The molecule has 2 fully saturated rings. The highest BCUT2D eigenvalue weighted by atomic mass is 35.5. The molecule has 0 unspecified atom stereocenters. The first kappa shape index (κ1) is 15.1. The second kappa shape index (κ2) is 5.76. The molecule has 0 radical (unpaired) electrons. The van der Waals surface area contributed by atoms with Crippen LogP contribution in [0.3, 0.4) is 0 Å². The van der Waals surface area contributed by atoms with Gasteiger partial charge in [-0.05, 0) is 25.0 Å². The van der Waals surface area contributed by atoms with E-state index in [-0.39, 0.29) is 0 Å². The topological polar surface area (TPSA) is 44.8 Å². The van der Waals surface area contributed by atoms with E-state index in [0.717, 1.165) is 25.7 Å². The molecule has 1 aromatic rings. The maximum atomic E-state index is 12.0. The molecule has 1 aliphatic carbocycles. The highest BCUT2D eigenvalue weighted by molar-refractivity contribution is 6.35. The molecule has 2 atom stereocenters. The molecule has 1 spiro atoms. The summed E-state index contributed by atoms with van der Waals surface area (Å²) in [5.41, 5.74) is 0.695. The molecule has 0 aromatic heterocycles. The Morgan fingerprint density at radius 1 is 1.29 bits per heavy atom. The van der Waals surface area contributed by atoms with E-state index in [0.29, 0.717) is 15.6 Å². The van der Waals surface area contributed by atoms with Crippen LogP contribution in [0.25, 0.3) is 0 Å². The average Bonchev–Trinajstić information content (AvgIpc) is 3.06. The van der Waals surface area contributed by atoms with Crippen LogP contribution in [0.4, 0.5) is 0 Å². The van der Waals surface area contributed by atoms with E-state index < -0.39 is 24.0 Å². The number of halogens is 2. The minimum Gasteiger partial charge on any atom is -0.467 e. The lowest BCUT2D eigenvalue weighted by Gasteiger charge is -2.21. The zero-order chi connectivity index (χ0) is 15.0. The lowest BCUT2D eigenvalue weighted by atomic mass is 10.0. The van der Waals surface area contributed by atoms with Crippen molar-refractivity contribution >= 4 is 29.2 Å². The molecule has 1 saturated carbocycles. The molecule has 0 amide bonds. The number of carbonyl (C=O) groups excluding carboxylic acids is 1. The number of esters is 1. The Hall–Kier alpha value is -0.810. The van der Waals surface area contributed by atoms with Crippen molar-refractivity contribution in [3.63, 3.8) is 0 Å².